The lowest BCUT2D eigenvalue weighted by atomic mass is 10.1. The smallest absolute Gasteiger partial charge is 0.220 e. The van der Waals surface area contributed by atoms with Gasteiger partial charge in [-0.05, 0) is 38.8 Å². The van der Waals surface area contributed by atoms with E-state index in [0.717, 1.165) is 29.7 Å². The fourth-order valence-corrected chi connectivity index (χ4v) is 3.10. The molecule has 3 rings (SSSR count). The Morgan fingerprint density at radius 2 is 2.17 bits per heavy atom. The van der Waals surface area contributed by atoms with E-state index in [1.807, 2.05) is 43.1 Å². The minimum Gasteiger partial charge on any atom is -0.361 e. The number of carbonyl (C=O) groups excluding carboxylic acids is 1. The number of nitrogens with zero attached hydrogens (tertiary/aromatic N) is 2. The molecular formula is C19H24N4O. The van der Waals surface area contributed by atoms with Crippen molar-refractivity contribution in [3.63, 3.8) is 0 Å². The number of aromatic amines is 1. The second-order valence-corrected chi connectivity index (χ2v) is 6.17. The zero-order chi connectivity index (χ0) is 17.1. The summed E-state index contributed by atoms with van der Waals surface area (Å²) >= 11 is 0. The first kappa shape index (κ1) is 16.3. The van der Waals surface area contributed by atoms with Gasteiger partial charge in [-0.25, -0.2) is 0 Å². The maximum Gasteiger partial charge on any atom is 0.220 e. The lowest BCUT2D eigenvalue weighted by Gasteiger charge is -2.13. The molecule has 0 aliphatic carbocycles. The molecule has 5 heteroatoms. The van der Waals surface area contributed by atoms with E-state index in [1.165, 1.54) is 10.9 Å². The Balaban J connectivity index is 1.60. The highest BCUT2D eigenvalue weighted by atomic mass is 16.1. The van der Waals surface area contributed by atoms with Gasteiger partial charge < -0.3 is 10.3 Å². The Hall–Kier alpha value is -2.56. The molecule has 3 aromatic rings. The summed E-state index contributed by atoms with van der Waals surface area (Å²) in [5.74, 6) is 0.0661. The largest absolute Gasteiger partial charge is 0.361 e. The van der Waals surface area contributed by atoms with Gasteiger partial charge in [0.15, 0.2) is 0 Å². The van der Waals surface area contributed by atoms with Crippen LogP contribution in [0, 0.1) is 6.92 Å². The maximum absolute atomic E-state index is 12.3. The third-order valence-electron chi connectivity index (χ3n) is 4.45. The Kier molecular flexibility index (Phi) is 4.69. The zero-order valence-electron chi connectivity index (χ0n) is 14.5. The van der Waals surface area contributed by atoms with Crippen LogP contribution < -0.4 is 5.32 Å². The van der Waals surface area contributed by atoms with Crippen molar-refractivity contribution in [2.75, 3.05) is 0 Å². The predicted molar refractivity (Wildman–Crippen MR) is 95.8 cm³/mol. The highest BCUT2D eigenvalue weighted by molar-refractivity contribution is 5.84. The van der Waals surface area contributed by atoms with Gasteiger partial charge >= 0.3 is 0 Å². The maximum atomic E-state index is 12.3. The van der Waals surface area contributed by atoms with E-state index in [1.54, 1.807) is 0 Å². The lowest BCUT2D eigenvalue weighted by Crippen LogP contribution is -2.27. The fourth-order valence-electron chi connectivity index (χ4n) is 3.10. The summed E-state index contributed by atoms with van der Waals surface area (Å²) in [6.45, 7) is 6.88. The van der Waals surface area contributed by atoms with Crippen LogP contribution >= 0.6 is 0 Å². The summed E-state index contributed by atoms with van der Waals surface area (Å²) in [5.41, 5.74) is 4.35. The highest BCUT2D eigenvalue weighted by Crippen LogP contribution is 2.20. The summed E-state index contributed by atoms with van der Waals surface area (Å²) in [6.07, 6.45) is 5.22. The molecule has 5 nitrogen and oxygen atoms in total. The average molecular weight is 324 g/mol. The minimum absolute atomic E-state index is 0.0271. The Labute approximate surface area is 142 Å². The van der Waals surface area contributed by atoms with Crippen molar-refractivity contribution in [2.45, 2.75) is 46.2 Å². The Morgan fingerprint density at radius 1 is 1.38 bits per heavy atom. The van der Waals surface area contributed by atoms with Crippen LogP contribution in [-0.4, -0.2) is 20.7 Å². The molecule has 1 aromatic carbocycles. The SMILES string of the molecule is CCn1cc(C(C)NC(=O)CCc2c[nH]c3ccccc23)c(C)n1. The second kappa shape index (κ2) is 6.91. The molecule has 0 spiro atoms. The van der Waals surface area contributed by atoms with Gasteiger partial charge in [-0.1, -0.05) is 18.2 Å². The molecule has 0 fully saturated rings. The summed E-state index contributed by atoms with van der Waals surface area (Å²) in [6, 6.07) is 8.14. The highest BCUT2D eigenvalue weighted by Gasteiger charge is 2.15. The van der Waals surface area contributed by atoms with Crippen LogP contribution in [0.3, 0.4) is 0 Å². The van der Waals surface area contributed by atoms with E-state index in [9.17, 15) is 4.79 Å². The molecule has 24 heavy (non-hydrogen) atoms. The van der Waals surface area contributed by atoms with Gasteiger partial charge in [0.2, 0.25) is 5.91 Å². The van der Waals surface area contributed by atoms with Crippen LogP contribution in [0.25, 0.3) is 10.9 Å². The van der Waals surface area contributed by atoms with E-state index in [-0.39, 0.29) is 11.9 Å². The van der Waals surface area contributed by atoms with Crippen molar-refractivity contribution >= 4 is 16.8 Å². The Bertz CT molecular complexity index is 846. The number of amides is 1. The van der Waals surface area contributed by atoms with Gasteiger partial charge in [-0.2, -0.15) is 5.10 Å². The second-order valence-electron chi connectivity index (χ2n) is 6.17. The van der Waals surface area contributed by atoms with Gasteiger partial charge in [0, 0.05) is 41.8 Å². The van der Waals surface area contributed by atoms with E-state index in [0.29, 0.717) is 6.42 Å². The van der Waals surface area contributed by atoms with Gasteiger partial charge in [0.05, 0.1) is 11.7 Å². The van der Waals surface area contributed by atoms with Crippen LogP contribution in [0.5, 0.6) is 0 Å². The number of carbonyl (C=O) groups is 1. The van der Waals surface area contributed by atoms with Gasteiger partial charge in [0.25, 0.3) is 0 Å². The van der Waals surface area contributed by atoms with Gasteiger partial charge in [-0.15, -0.1) is 0 Å². The lowest BCUT2D eigenvalue weighted by molar-refractivity contribution is -0.121. The molecular weight excluding hydrogens is 300 g/mol. The predicted octanol–water partition coefficient (Wildman–Crippen LogP) is 3.50. The van der Waals surface area contributed by atoms with Crippen molar-refractivity contribution in [1.29, 1.82) is 0 Å². The first-order valence-corrected chi connectivity index (χ1v) is 8.46. The van der Waals surface area contributed by atoms with Crippen molar-refractivity contribution in [2.24, 2.45) is 0 Å². The number of rotatable bonds is 6. The summed E-state index contributed by atoms with van der Waals surface area (Å²) < 4.78 is 1.90. The molecule has 2 heterocycles. The van der Waals surface area contributed by atoms with E-state index in [2.05, 4.69) is 34.5 Å². The molecule has 0 saturated carbocycles. The third-order valence-corrected chi connectivity index (χ3v) is 4.45. The molecule has 0 radical (unpaired) electrons. The molecule has 1 unspecified atom stereocenters. The van der Waals surface area contributed by atoms with Gasteiger partial charge in [-0.3, -0.25) is 9.48 Å². The summed E-state index contributed by atoms with van der Waals surface area (Å²) in [7, 11) is 0. The number of nitrogens with one attached hydrogen (secondary N) is 2. The third kappa shape index (κ3) is 3.35. The number of benzene rings is 1. The van der Waals surface area contributed by atoms with E-state index >= 15 is 0 Å². The fraction of sp³-hybridized carbons (Fsp3) is 0.368. The van der Waals surface area contributed by atoms with Crippen LogP contribution in [-0.2, 0) is 17.8 Å². The average Bonchev–Trinajstić information content (AvgIpc) is 3.16. The molecule has 0 bridgehead atoms. The monoisotopic (exact) mass is 324 g/mol. The molecule has 0 saturated heterocycles. The number of hydrogen-bond acceptors (Lipinski definition) is 2. The van der Waals surface area contributed by atoms with Crippen LogP contribution in [0.2, 0.25) is 0 Å². The molecule has 126 valence electrons. The van der Waals surface area contributed by atoms with Crippen molar-refractivity contribution in [3.05, 3.63) is 53.5 Å². The number of para-hydroxylation sites is 1. The van der Waals surface area contributed by atoms with Gasteiger partial charge in [0.1, 0.15) is 0 Å². The number of fused-ring (bicyclic) bond motifs is 1. The van der Waals surface area contributed by atoms with Crippen molar-refractivity contribution in [3.8, 4) is 0 Å². The number of aromatic nitrogens is 3. The minimum atomic E-state index is -0.0271. The first-order valence-electron chi connectivity index (χ1n) is 8.46. The van der Waals surface area contributed by atoms with Crippen LogP contribution in [0.1, 0.15) is 43.1 Å². The van der Waals surface area contributed by atoms with Crippen molar-refractivity contribution in [1.82, 2.24) is 20.1 Å². The number of hydrogen-bond donors (Lipinski definition) is 2. The molecule has 2 aromatic heterocycles. The standard InChI is InChI=1S/C19H24N4O/c1-4-23-12-17(14(3)22-23)13(2)21-19(24)10-9-15-11-20-18-8-6-5-7-16(15)18/h5-8,11-13,20H,4,9-10H2,1-3H3,(H,21,24). The molecule has 0 aliphatic heterocycles. The zero-order valence-corrected chi connectivity index (χ0v) is 14.5. The summed E-state index contributed by atoms with van der Waals surface area (Å²) in [5, 5.41) is 8.71. The molecule has 1 atom stereocenters. The number of aryl methyl sites for hydroxylation is 3. The normalized spacial score (nSPS) is 12.5. The Morgan fingerprint density at radius 3 is 2.92 bits per heavy atom. The first-order chi connectivity index (χ1) is 11.6. The van der Waals surface area contributed by atoms with Crippen LogP contribution in [0.4, 0.5) is 0 Å². The number of H-pyrrole nitrogens is 1. The van der Waals surface area contributed by atoms with E-state index in [4.69, 9.17) is 0 Å². The van der Waals surface area contributed by atoms with Crippen molar-refractivity contribution < 1.29 is 4.79 Å². The molecule has 2 N–H and O–H groups in total. The molecule has 1 amide bonds. The molecule has 0 aliphatic rings. The summed E-state index contributed by atoms with van der Waals surface area (Å²) in [4.78, 5) is 15.5. The van der Waals surface area contributed by atoms with E-state index < -0.39 is 0 Å². The topological polar surface area (TPSA) is 62.7 Å². The quantitative estimate of drug-likeness (QED) is 0.729. The van der Waals surface area contributed by atoms with Crippen LogP contribution in [0.15, 0.2) is 36.7 Å².